The molecule has 2 rings (SSSR count). The zero-order chi connectivity index (χ0) is 12.1. The maximum absolute atomic E-state index is 11.8. The predicted molar refractivity (Wildman–Crippen MR) is 67.2 cm³/mol. The van der Waals surface area contributed by atoms with Gasteiger partial charge in [0.05, 0.1) is 12.6 Å². The maximum Gasteiger partial charge on any atom is 0.238 e. The fourth-order valence-corrected chi connectivity index (χ4v) is 1.98. The molecule has 0 saturated heterocycles. The number of hydrogen-bond acceptors (Lipinski definition) is 2. The molecule has 1 heterocycles. The lowest BCUT2D eigenvalue weighted by Gasteiger charge is -2.24. The second-order valence-electron chi connectivity index (χ2n) is 4.05. The highest BCUT2D eigenvalue weighted by atomic mass is 16.2. The quantitative estimate of drug-likeness (QED) is 0.737. The molecule has 3 nitrogen and oxygen atoms in total. The highest BCUT2D eigenvalue weighted by Crippen LogP contribution is 2.15. The Kier molecular flexibility index (Phi) is 3.79. The standard InChI is InChI=1S/C14H16N2O/c1-2-3-8-15-14(17)13-9-11-6-4-5-7-12(11)10-16-13/h4-7,13,16H,8-10H2,1H3,(H,15,17). The molecular formula is C14H16N2O. The number of benzene rings is 1. The molecule has 17 heavy (non-hydrogen) atoms. The molecule has 1 aliphatic heterocycles. The van der Waals surface area contributed by atoms with Crippen molar-refractivity contribution in [2.24, 2.45) is 0 Å². The van der Waals surface area contributed by atoms with Gasteiger partial charge in [0.2, 0.25) is 5.91 Å². The van der Waals surface area contributed by atoms with Crippen LogP contribution in [0.2, 0.25) is 0 Å². The SMILES string of the molecule is CC#CCNC(=O)C1Cc2ccccc2CN1. The first-order chi connectivity index (χ1) is 8.31. The molecule has 1 amide bonds. The van der Waals surface area contributed by atoms with Crippen molar-refractivity contribution in [3.8, 4) is 11.8 Å². The van der Waals surface area contributed by atoms with E-state index in [1.54, 1.807) is 6.92 Å². The van der Waals surface area contributed by atoms with Gasteiger partial charge in [0.25, 0.3) is 0 Å². The number of carbonyl (C=O) groups is 1. The lowest BCUT2D eigenvalue weighted by Crippen LogP contribution is -2.47. The van der Waals surface area contributed by atoms with Crippen LogP contribution in [-0.2, 0) is 17.8 Å². The molecule has 0 saturated carbocycles. The van der Waals surface area contributed by atoms with E-state index in [1.165, 1.54) is 11.1 Å². The summed E-state index contributed by atoms with van der Waals surface area (Å²) in [6.45, 7) is 2.95. The van der Waals surface area contributed by atoms with Crippen molar-refractivity contribution in [2.45, 2.75) is 25.9 Å². The normalized spacial score (nSPS) is 17.6. The van der Waals surface area contributed by atoms with Crippen LogP contribution in [-0.4, -0.2) is 18.5 Å². The van der Waals surface area contributed by atoms with E-state index in [-0.39, 0.29) is 11.9 Å². The summed E-state index contributed by atoms with van der Waals surface area (Å²) in [5.74, 6) is 5.61. The summed E-state index contributed by atoms with van der Waals surface area (Å²) in [6, 6.07) is 8.09. The van der Waals surface area contributed by atoms with Gasteiger partial charge in [0.15, 0.2) is 0 Å². The molecule has 1 aromatic carbocycles. The molecule has 0 bridgehead atoms. The van der Waals surface area contributed by atoms with Gasteiger partial charge in [-0.3, -0.25) is 4.79 Å². The Balaban J connectivity index is 1.97. The predicted octanol–water partition coefficient (Wildman–Crippen LogP) is 0.840. The summed E-state index contributed by atoms with van der Waals surface area (Å²) in [5.41, 5.74) is 2.54. The Hall–Kier alpha value is -1.79. The van der Waals surface area contributed by atoms with E-state index in [1.807, 2.05) is 12.1 Å². The fraction of sp³-hybridized carbons (Fsp3) is 0.357. The minimum absolute atomic E-state index is 0.0299. The molecule has 0 aliphatic carbocycles. The largest absolute Gasteiger partial charge is 0.344 e. The van der Waals surface area contributed by atoms with E-state index in [9.17, 15) is 4.79 Å². The summed E-state index contributed by atoms with van der Waals surface area (Å²) < 4.78 is 0. The van der Waals surface area contributed by atoms with Crippen LogP contribution < -0.4 is 10.6 Å². The molecule has 0 spiro atoms. The first kappa shape index (κ1) is 11.7. The van der Waals surface area contributed by atoms with Crippen molar-refractivity contribution < 1.29 is 4.79 Å². The van der Waals surface area contributed by atoms with E-state index in [2.05, 4.69) is 34.6 Å². The number of fused-ring (bicyclic) bond motifs is 1. The Morgan fingerprint density at radius 3 is 3.00 bits per heavy atom. The zero-order valence-electron chi connectivity index (χ0n) is 9.92. The highest BCUT2D eigenvalue weighted by molar-refractivity contribution is 5.82. The molecular weight excluding hydrogens is 212 g/mol. The smallest absolute Gasteiger partial charge is 0.238 e. The number of amides is 1. The summed E-state index contributed by atoms with van der Waals surface area (Å²) in [7, 11) is 0. The molecule has 1 atom stereocenters. The third-order valence-corrected chi connectivity index (χ3v) is 2.93. The van der Waals surface area contributed by atoms with Crippen molar-refractivity contribution in [3.05, 3.63) is 35.4 Å². The molecule has 0 radical (unpaired) electrons. The van der Waals surface area contributed by atoms with Gasteiger partial charge in [-0.25, -0.2) is 0 Å². The zero-order valence-corrected chi connectivity index (χ0v) is 9.92. The number of carbonyl (C=O) groups excluding carboxylic acids is 1. The van der Waals surface area contributed by atoms with Gasteiger partial charge < -0.3 is 10.6 Å². The van der Waals surface area contributed by atoms with Crippen LogP contribution in [0.1, 0.15) is 18.1 Å². The maximum atomic E-state index is 11.8. The molecule has 0 fully saturated rings. The molecule has 0 aromatic heterocycles. The van der Waals surface area contributed by atoms with Crippen LogP contribution in [0, 0.1) is 11.8 Å². The highest BCUT2D eigenvalue weighted by Gasteiger charge is 2.23. The van der Waals surface area contributed by atoms with E-state index in [0.29, 0.717) is 6.54 Å². The van der Waals surface area contributed by atoms with Crippen molar-refractivity contribution >= 4 is 5.91 Å². The number of nitrogens with one attached hydrogen (secondary N) is 2. The van der Waals surface area contributed by atoms with Crippen molar-refractivity contribution in [1.29, 1.82) is 0 Å². The average Bonchev–Trinajstić information content (AvgIpc) is 2.38. The Bertz CT molecular complexity index is 471. The van der Waals surface area contributed by atoms with Crippen LogP contribution in [0.4, 0.5) is 0 Å². The topological polar surface area (TPSA) is 41.1 Å². The van der Waals surface area contributed by atoms with Gasteiger partial charge in [0, 0.05) is 6.54 Å². The van der Waals surface area contributed by atoms with Gasteiger partial charge in [-0.05, 0) is 24.5 Å². The molecule has 1 aromatic rings. The van der Waals surface area contributed by atoms with Crippen LogP contribution >= 0.6 is 0 Å². The third kappa shape index (κ3) is 2.86. The van der Waals surface area contributed by atoms with Crippen LogP contribution in [0.3, 0.4) is 0 Å². The van der Waals surface area contributed by atoms with Crippen LogP contribution in [0.15, 0.2) is 24.3 Å². The first-order valence-corrected chi connectivity index (χ1v) is 5.78. The second-order valence-corrected chi connectivity index (χ2v) is 4.05. The minimum atomic E-state index is -0.136. The summed E-state index contributed by atoms with van der Waals surface area (Å²) in [5, 5.41) is 6.05. The van der Waals surface area contributed by atoms with E-state index in [0.717, 1.165) is 13.0 Å². The third-order valence-electron chi connectivity index (χ3n) is 2.93. The van der Waals surface area contributed by atoms with Gasteiger partial charge in [0.1, 0.15) is 0 Å². The van der Waals surface area contributed by atoms with E-state index in [4.69, 9.17) is 0 Å². The lowest BCUT2D eigenvalue weighted by atomic mass is 9.95. The molecule has 1 unspecified atom stereocenters. The van der Waals surface area contributed by atoms with Crippen molar-refractivity contribution in [3.63, 3.8) is 0 Å². The average molecular weight is 228 g/mol. The molecule has 88 valence electrons. The van der Waals surface area contributed by atoms with Crippen molar-refractivity contribution in [2.75, 3.05) is 6.54 Å². The van der Waals surface area contributed by atoms with Crippen LogP contribution in [0.5, 0.6) is 0 Å². The second kappa shape index (κ2) is 5.51. The number of hydrogen-bond donors (Lipinski definition) is 2. The van der Waals surface area contributed by atoms with E-state index < -0.39 is 0 Å². The van der Waals surface area contributed by atoms with Gasteiger partial charge in [-0.1, -0.05) is 30.2 Å². The van der Waals surface area contributed by atoms with Crippen molar-refractivity contribution in [1.82, 2.24) is 10.6 Å². The summed E-state index contributed by atoms with van der Waals surface area (Å²) in [6.07, 6.45) is 0.752. The molecule has 2 N–H and O–H groups in total. The van der Waals surface area contributed by atoms with Crippen LogP contribution in [0.25, 0.3) is 0 Å². The van der Waals surface area contributed by atoms with Gasteiger partial charge in [-0.15, -0.1) is 5.92 Å². The summed E-state index contributed by atoms with van der Waals surface area (Å²) >= 11 is 0. The van der Waals surface area contributed by atoms with Gasteiger partial charge >= 0.3 is 0 Å². The number of rotatable bonds is 2. The fourth-order valence-electron chi connectivity index (χ4n) is 1.98. The monoisotopic (exact) mass is 228 g/mol. The summed E-state index contributed by atoms with van der Waals surface area (Å²) in [4.78, 5) is 11.8. The Morgan fingerprint density at radius 2 is 2.24 bits per heavy atom. The van der Waals surface area contributed by atoms with Gasteiger partial charge in [-0.2, -0.15) is 0 Å². The Morgan fingerprint density at radius 1 is 1.47 bits per heavy atom. The van der Waals surface area contributed by atoms with E-state index >= 15 is 0 Å². The molecule has 1 aliphatic rings. The minimum Gasteiger partial charge on any atom is -0.344 e. The first-order valence-electron chi connectivity index (χ1n) is 5.78. The lowest BCUT2D eigenvalue weighted by molar-refractivity contribution is -0.123. The molecule has 3 heteroatoms. The Labute approximate surface area is 102 Å².